The van der Waals surface area contributed by atoms with E-state index in [4.69, 9.17) is 4.74 Å². The van der Waals surface area contributed by atoms with Crippen LogP contribution in [0.1, 0.15) is 13.8 Å². The summed E-state index contributed by atoms with van der Waals surface area (Å²) in [5.41, 5.74) is 0. The second-order valence-electron chi connectivity index (χ2n) is 6.08. The molecule has 0 aromatic rings. The van der Waals surface area contributed by atoms with Gasteiger partial charge in [-0.2, -0.15) is 0 Å². The summed E-state index contributed by atoms with van der Waals surface area (Å²) in [7, 11) is -3.88. The molecule has 1 amide bonds. The van der Waals surface area contributed by atoms with E-state index in [0.29, 0.717) is 0 Å². The zero-order valence-electron chi connectivity index (χ0n) is 12.3. The molecule has 3 rings (SSSR count). The van der Waals surface area contributed by atoms with Crippen LogP contribution in [0.2, 0.25) is 0 Å². The predicted molar refractivity (Wildman–Crippen MR) is 73.1 cm³/mol. The summed E-state index contributed by atoms with van der Waals surface area (Å²) >= 11 is 0. The molecule has 4 atom stereocenters. The highest BCUT2D eigenvalue weighted by Crippen LogP contribution is 2.48. The van der Waals surface area contributed by atoms with Crippen LogP contribution in [0.4, 0.5) is 0 Å². The molecule has 0 radical (unpaired) electrons. The van der Waals surface area contributed by atoms with Crippen LogP contribution in [0.5, 0.6) is 0 Å². The normalized spacial score (nSPS) is 36.4. The zero-order valence-corrected chi connectivity index (χ0v) is 13.1. The second-order valence-corrected chi connectivity index (χ2v) is 8.70. The molecule has 0 spiro atoms. The number of ether oxygens (including phenoxy) is 2. The Morgan fingerprint density at radius 2 is 2.09 bits per heavy atom. The van der Waals surface area contributed by atoms with E-state index in [1.54, 1.807) is 0 Å². The fourth-order valence-corrected chi connectivity index (χ4v) is 5.45. The van der Waals surface area contributed by atoms with E-state index >= 15 is 0 Å². The average Bonchev–Trinajstić information content (AvgIpc) is 2.90. The number of β-lactam (4-membered cyclic amide) rings is 1. The standard InChI is InChI=1S/C13H15NO8S/c1-13(2)9(12(18)22-8-4-3-7(16)21-8)14-10(17)6(5-15)11(14)23(13,19)20/h3-4,6,8-9,11,15H,5H2,1-2H3/t6-,8?,9+,11-/m1/s1. The summed E-state index contributed by atoms with van der Waals surface area (Å²) in [6.45, 7) is 2.04. The van der Waals surface area contributed by atoms with Gasteiger partial charge in [0.1, 0.15) is 11.4 Å². The van der Waals surface area contributed by atoms with Crippen molar-refractivity contribution in [3.8, 4) is 0 Å². The lowest BCUT2D eigenvalue weighted by molar-refractivity contribution is -0.184. The molecule has 3 heterocycles. The molecule has 126 valence electrons. The summed E-state index contributed by atoms with van der Waals surface area (Å²) < 4.78 is 33.2. The molecule has 0 aromatic heterocycles. The van der Waals surface area contributed by atoms with Crippen LogP contribution in [0.15, 0.2) is 12.2 Å². The number of esters is 2. The number of hydrogen-bond acceptors (Lipinski definition) is 8. The Morgan fingerprint density at radius 3 is 2.61 bits per heavy atom. The van der Waals surface area contributed by atoms with Gasteiger partial charge in [-0.05, 0) is 13.8 Å². The molecule has 0 aromatic carbocycles. The fourth-order valence-electron chi connectivity index (χ4n) is 3.15. The predicted octanol–water partition coefficient (Wildman–Crippen LogP) is -1.68. The van der Waals surface area contributed by atoms with Crippen LogP contribution in [0, 0.1) is 5.92 Å². The number of sulfone groups is 1. The molecular weight excluding hydrogens is 330 g/mol. The molecule has 9 nitrogen and oxygen atoms in total. The van der Waals surface area contributed by atoms with E-state index in [9.17, 15) is 27.9 Å². The molecule has 3 aliphatic heterocycles. The van der Waals surface area contributed by atoms with Crippen molar-refractivity contribution in [3.63, 3.8) is 0 Å². The minimum Gasteiger partial charge on any atom is -0.420 e. The van der Waals surface area contributed by atoms with E-state index in [0.717, 1.165) is 11.0 Å². The van der Waals surface area contributed by atoms with Gasteiger partial charge in [-0.15, -0.1) is 0 Å². The van der Waals surface area contributed by atoms with E-state index in [1.165, 1.54) is 19.9 Å². The van der Waals surface area contributed by atoms with Crippen LogP contribution in [-0.4, -0.2) is 65.3 Å². The third kappa shape index (κ3) is 1.94. The van der Waals surface area contributed by atoms with E-state index in [-0.39, 0.29) is 0 Å². The highest BCUT2D eigenvalue weighted by molar-refractivity contribution is 7.93. The Balaban J connectivity index is 1.89. The molecule has 2 saturated heterocycles. The third-order valence-electron chi connectivity index (χ3n) is 4.45. The van der Waals surface area contributed by atoms with Crippen molar-refractivity contribution in [3.05, 3.63) is 12.2 Å². The Labute approximate surface area is 131 Å². The lowest BCUT2D eigenvalue weighted by atomic mass is 9.92. The number of amides is 1. The molecule has 1 unspecified atom stereocenters. The molecule has 2 fully saturated rings. The summed E-state index contributed by atoms with van der Waals surface area (Å²) in [5.74, 6) is -3.34. The Bertz CT molecular complexity index is 724. The van der Waals surface area contributed by atoms with Crippen molar-refractivity contribution in [2.75, 3.05) is 6.61 Å². The third-order valence-corrected chi connectivity index (χ3v) is 7.33. The molecule has 23 heavy (non-hydrogen) atoms. The van der Waals surface area contributed by atoms with E-state index < -0.39 is 62.7 Å². The molecular formula is C13H15NO8S. The number of carbonyl (C=O) groups is 3. The number of carbonyl (C=O) groups excluding carboxylic acids is 3. The van der Waals surface area contributed by atoms with Gasteiger partial charge in [0.2, 0.25) is 5.91 Å². The van der Waals surface area contributed by atoms with Gasteiger partial charge >= 0.3 is 11.9 Å². The second kappa shape index (κ2) is 4.78. The van der Waals surface area contributed by atoms with Crippen LogP contribution >= 0.6 is 0 Å². The van der Waals surface area contributed by atoms with Crippen LogP contribution in [0.3, 0.4) is 0 Å². The molecule has 3 aliphatic rings. The summed E-state index contributed by atoms with van der Waals surface area (Å²) in [4.78, 5) is 36.3. The monoisotopic (exact) mass is 345 g/mol. The Morgan fingerprint density at radius 1 is 1.43 bits per heavy atom. The summed E-state index contributed by atoms with van der Waals surface area (Å²) in [6, 6.07) is -1.36. The zero-order chi connectivity index (χ0) is 17.2. The number of cyclic esters (lactones) is 1. The number of hydrogen-bond donors (Lipinski definition) is 1. The number of nitrogens with zero attached hydrogens (tertiary/aromatic N) is 1. The van der Waals surface area contributed by atoms with Crippen LogP contribution in [-0.2, 0) is 33.7 Å². The van der Waals surface area contributed by atoms with Crippen molar-refractivity contribution in [1.29, 1.82) is 0 Å². The first-order valence-electron chi connectivity index (χ1n) is 6.88. The average molecular weight is 345 g/mol. The first-order chi connectivity index (χ1) is 10.6. The topological polar surface area (TPSA) is 127 Å². The minimum absolute atomic E-state index is 0.611. The molecule has 0 aliphatic carbocycles. The Hall–Kier alpha value is -1.94. The largest absolute Gasteiger partial charge is 0.420 e. The van der Waals surface area contributed by atoms with Crippen molar-refractivity contribution in [2.24, 2.45) is 5.92 Å². The van der Waals surface area contributed by atoms with Gasteiger partial charge in [0.15, 0.2) is 9.84 Å². The maximum Gasteiger partial charge on any atom is 0.334 e. The maximum atomic E-state index is 12.6. The van der Waals surface area contributed by atoms with Crippen molar-refractivity contribution in [2.45, 2.75) is 36.3 Å². The SMILES string of the molecule is CC1(C)[C@H](C(=O)OC2C=CC(=O)O2)N2C(=O)[C@@H](CO)[C@H]2S1(=O)=O. The molecule has 1 N–H and O–H groups in total. The first-order valence-corrected chi connectivity index (χ1v) is 8.43. The fraction of sp³-hybridized carbons (Fsp3) is 0.615. The number of aliphatic hydroxyl groups is 1. The van der Waals surface area contributed by atoms with Gasteiger partial charge in [0.25, 0.3) is 6.29 Å². The lowest BCUT2D eigenvalue weighted by Gasteiger charge is -2.42. The number of aliphatic hydroxyl groups excluding tert-OH is 1. The summed E-state index contributed by atoms with van der Waals surface area (Å²) in [5, 5.41) is 7.95. The first kappa shape index (κ1) is 15.9. The van der Waals surface area contributed by atoms with Gasteiger partial charge in [0.05, 0.1) is 17.3 Å². The van der Waals surface area contributed by atoms with Gasteiger partial charge < -0.3 is 19.5 Å². The summed E-state index contributed by atoms with van der Waals surface area (Å²) in [6.07, 6.45) is 1.05. The molecule has 0 bridgehead atoms. The smallest absolute Gasteiger partial charge is 0.334 e. The highest BCUT2D eigenvalue weighted by Gasteiger charge is 2.72. The van der Waals surface area contributed by atoms with Crippen LogP contribution < -0.4 is 0 Å². The molecule has 0 saturated carbocycles. The molecule has 10 heteroatoms. The number of rotatable bonds is 3. The van der Waals surface area contributed by atoms with E-state index in [1.807, 2.05) is 0 Å². The van der Waals surface area contributed by atoms with E-state index in [2.05, 4.69) is 4.74 Å². The highest BCUT2D eigenvalue weighted by atomic mass is 32.2. The van der Waals surface area contributed by atoms with Gasteiger partial charge in [-0.3, -0.25) is 4.79 Å². The minimum atomic E-state index is -3.88. The quantitative estimate of drug-likeness (QED) is 0.475. The van der Waals surface area contributed by atoms with Gasteiger partial charge in [-0.1, -0.05) is 0 Å². The van der Waals surface area contributed by atoms with Gasteiger partial charge in [-0.25, -0.2) is 18.0 Å². The van der Waals surface area contributed by atoms with Crippen LogP contribution in [0.25, 0.3) is 0 Å². The Kier molecular flexibility index (Phi) is 3.31. The van der Waals surface area contributed by atoms with Crippen molar-refractivity contribution in [1.82, 2.24) is 4.90 Å². The van der Waals surface area contributed by atoms with Gasteiger partial charge in [0, 0.05) is 12.2 Å². The van der Waals surface area contributed by atoms with Crippen molar-refractivity contribution >= 4 is 27.7 Å². The maximum absolute atomic E-state index is 12.6. The van der Waals surface area contributed by atoms with Crippen molar-refractivity contribution < 1.29 is 37.4 Å². The lowest BCUT2D eigenvalue weighted by Crippen LogP contribution is -2.64. The number of fused-ring (bicyclic) bond motifs is 1.